The Hall–Kier alpha value is -2.08. The molecule has 1 aromatic carbocycles. The molecular formula is C13H15N3O3. The highest BCUT2D eigenvalue weighted by Gasteiger charge is 2.15. The molecule has 6 nitrogen and oxygen atoms in total. The molecule has 2 aromatic rings. The molecule has 3 rings (SSSR count). The number of phenolic OH excluding ortho intramolecular Hbond substituents is 1. The van der Waals surface area contributed by atoms with Gasteiger partial charge in [-0.05, 0) is 6.07 Å². The molecule has 19 heavy (non-hydrogen) atoms. The third-order valence-corrected chi connectivity index (χ3v) is 3.36. The smallest absolute Gasteiger partial charge is 0.264 e. The van der Waals surface area contributed by atoms with Crippen LogP contribution in [0.2, 0.25) is 0 Å². The Morgan fingerprint density at radius 2 is 2.05 bits per heavy atom. The van der Waals surface area contributed by atoms with Crippen LogP contribution in [0.4, 0.5) is 5.69 Å². The van der Waals surface area contributed by atoms with Gasteiger partial charge < -0.3 is 19.3 Å². The first-order chi connectivity index (χ1) is 9.16. The average Bonchev–Trinajstić information content (AvgIpc) is 2.43. The summed E-state index contributed by atoms with van der Waals surface area (Å²) in [6.07, 6.45) is 1.47. The number of nitrogens with zero attached hydrogens (tertiary/aromatic N) is 3. The van der Waals surface area contributed by atoms with Gasteiger partial charge in [0.2, 0.25) is 0 Å². The van der Waals surface area contributed by atoms with Gasteiger partial charge in [0.15, 0.2) is 0 Å². The molecule has 1 N–H and O–H groups in total. The molecule has 6 heteroatoms. The number of hydrogen-bond acceptors (Lipinski definition) is 5. The summed E-state index contributed by atoms with van der Waals surface area (Å²) >= 11 is 0. The van der Waals surface area contributed by atoms with E-state index in [4.69, 9.17) is 4.74 Å². The number of fused-ring (bicyclic) bond motifs is 1. The van der Waals surface area contributed by atoms with Gasteiger partial charge in [-0.15, -0.1) is 0 Å². The Bertz CT molecular complexity index is 675. The maximum Gasteiger partial charge on any atom is 0.264 e. The summed E-state index contributed by atoms with van der Waals surface area (Å²) in [4.78, 5) is 18.3. The fourth-order valence-corrected chi connectivity index (χ4v) is 2.30. The lowest BCUT2D eigenvalue weighted by Gasteiger charge is -2.29. The van der Waals surface area contributed by atoms with Crippen LogP contribution in [0, 0.1) is 0 Å². The van der Waals surface area contributed by atoms with E-state index in [1.54, 1.807) is 13.1 Å². The van der Waals surface area contributed by atoms with Gasteiger partial charge in [0.25, 0.3) is 5.56 Å². The van der Waals surface area contributed by atoms with Crippen LogP contribution in [-0.4, -0.2) is 41.0 Å². The summed E-state index contributed by atoms with van der Waals surface area (Å²) in [6.45, 7) is 2.89. The molecule has 0 spiro atoms. The lowest BCUT2D eigenvalue weighted by Crippen LogP contribution is -2.36. The lowest BCUT2D eigenvalue weighted by molar-refractivity contribution is 0.122. The zero-order valence-corrected chi connectivity index (χ0v) is 10.7. The highest BCUT2D eigenvalue weighted by molar-refractivity contribution is 5.87. The monoisotopic (exact) mass is 261 g/mol. The van der Waals surface area contributed by atoms with Gasteiger partial charge in [0.1, 0.15) is 11.1 Å². The van der Waals surface area contributed by atoms with E-state index in [9.17, 15) is 9.90 Å². The van der Waals surface area contributed by atoms with Gasteiger partial charge in [0.05, 0.1) is 25.1 Å². The number of hydrogen-bond donors (Lipinski definition) is 1. The van der Waals surface area contributed by atoms with Crippen molar-refractivity contribution in [3.05, 3.63) is 28.8 Å². The molecule has 1 fully saturated rings. The van der Waals surface area contributed by atoms with E-state index in [1.807, 2.05) is 6.07 Å². The minimum absolute atomic E-state index is 0.0207. The van der Waals surface area contributed by atoms with Gasteiger partial charge in [0, 0.05) is 31.9 Å². The second-order valence-corrected chi connectivity index (χ2v) is 4.62. The van der Waals surface area contributed by atoms with Crippen LogP contribution in [0.1, 0.15) is 0 Å². The number of phenols is 1. The van der Waals surface area contributed by atoms with Crippen LogP contribution < -0.4 is 10.5 Å². The number of rotatable bonds is 1. The molecule has 1 aliphatic heterocycles. The van der Waals surface area contributed by atoms with Crippen LogP contribution in [0.5, 0.6) is 5.75 Å². The van der Waals surface area contributed by atoms with E-state index >= 15 is 0 Å². The minimum Gasteiger partial charge on any atom is -0.507 e. The van der Waals surface area contributed by atoms with Crippen molar-refractivity contribution in [2.24, 2.45) is 7.05 Å². The minimum atomic E-state index is -0.240. The fraction of sp³-hybridized carbons (Fsp3) is 0.385. The Balaban J connectivity index is 2.14. The van der Waals surface area contributed by atoms with E-state index < -0.39 is 0 Å². The highest BCUT2D eigenvalue weighted by atomic mass is 16.5. The van der Waals surface area contributed by atoms with E-state index in [2.05, 4.69) is 9.88 Å². The number of aromatic nitrogens is 2. The number of ether oxygens (including phenoxy) is 1. The van der Waals surface area contributed by atoms with E-state index in [0.29, 0.717) is 18.7 Å². The third-order valence-electron chi connectivity index (χ3n) is 3.36. The summed E-state index contributed by atoms with van der Waals surface area (Å²) < 4.78 is 6.66. The Labute approximate surface area is 109 Å². The standard InChI is InChI=1S/C13H15N3O3/c1-15-8-14-10-6-9(16-2-4-19-5-3-16)7-11(17)12(10)13(15)18/h6-8,17H,2-5H2,1H3. The SMILES string of the molecule is Cn1cnc2cc(N3CCOCC3)cc(O)c2c1=O. The van der Waals surface area contributed by atoms with Crippen molar-refractivity contribution in [1.29, 1.82) is 0 Å². The molecule has 0 atom stereocenters. The van der Waals surface area contributed by atoms with Crippen molar-refractivity contribution in [3.8, 4) is 5.75 Å². The molecule has 0 saturated carbocycles. The fourth-order valence-electron chi connectivity index (χ4n) is 2.30. The number of benzene rings is 1. The predicted octanol–water partition coefficient (Wildman–Crippen LogP) is 0.476. The number of aromatic hydroxyl groups is 1. The van der Waals surface area contributed by atoms with Crippen LogP contribution in [0.25, 0.3) is 10.9 Å². The Kier molecular flexibility index (Phi) is 2.87. The van der Waals surface area contributed by atoms with E-state index in [1.165, 1.54) is 10.9 Å². The molecule has 1 saturated heterocycles. The van der Waals surface area contributed by atoms with Crippen molar-refractivity contribution >= 4 is 16.6 Å². The molecule has 0 bridgehead atoms. The summed E-state index contributed by atoms with van der Waals surface area (Å²) in [5.74, 6) is -0.0207. The summed E-state index contributed by atoms with van der Waals surface area (Å²) in [7, 11) is 1.62. The number of morpholine rings is 1. The van der Waals surface area contributed by atoms with Gasteiger partial charge in [-0.1, -0.05) is 0 Å². The van der Waals surface area contributed by atoms with Crippen molar-refractivity contribution in [1.82, 2.24) is 9.55 Å². The molecule has 1 aromatic heterocycles. The molecule has 0 radical (unpaired) electrons. The first-order valence-corrected chi connectivity index (χ1v) is 6.18. The topological polar surface area (TPSA) is 67.6 Å². The predicted molar refractivity (Wildman–Crippen MR) is 71.7 cm³/mol. The quantitative estimate of drug-likeness (QED) is 0.808. The first-order valence-electron chi connectivity index (χ1n) is 6.18. The van der Waals surface area contributed by atoms with Gasteiger partial charge in [-0.25, -0.2) is 4.98 Å². The molecule has 0 aliphatic carbocycles. The van der Waals surface area contributed by atoms with Crippen LogP contribution in [0.3, 0.4) is 0 Å². The maximum atomic E-state index is 12.0. The van der Waals surface area contributed by atoms with Crippen molar-refractivity contribution in [2.75, 3.05) is 31.2 Å². The summed E-state index contributed by atoms with van der Waals surface area (Å²) in [6, 6.07) is 3.46. The van der Waals surface area contributed by atoms with Crippen molar-refractivity contribution in [2.45, 2.75) is 0 Å². The zero-order chi connectivity index (χ0) is 13.4. The number of aryl methyl sites for hydroxylation is 1. The van der Waals surface area contributed by atoms with E-state index in [0.717, 1.165) is 18.8 Å². The Morgan fingerprint density at radius 1 is 1.32 bits per heavy atom. The lowest BCUT2D eigenvalue weighted by atomic mass is 10.2. The second-order valence-electron chi connectivity index (χ2n) is 4.62. The summed E-state index contributed by atoms with van der Waals surface area (Å²) in [5, 5.41) is 10.3. The maximum absolute atomic E-state index is 12.0. The highest BCUT2D eigenvalue weighted by Crippen LogP contribution is 2.27. The first kappa shape index (κ1) is 12.0. The van der Waals surface area contributed by atoms with Crippen LogP contribution in [-0.2, 0) is 11.8 Å². The van der Waals surface area contributed by atoms with Crippen LogP contribution >= 0.6 is 0 Å². The third kappa shape index (κ3) is 2.04. The molecule has 0 amide bonds. The summed E-state index contributed by atoms with van der Waals surface area (Å²) in [5.41, 5.74) is 1.15. The Morgan fingerprint density at radius 3 is 2.79 bits per heavy atom. The normalized spacial score (nSPS) is 15.9. The second kappa shape index (κ2) is 4.55. The number of anilines is 1. The molecule has 1 aliphatic rings. The van der Waals surface area contributed by atoms with Gasteiger partial charge in [-0.2, -0.15) is 0 Å². The molecule has 100 valence electrons. The molecular weight excluding hydrogens is 246 g/mol. The largest absolute Gasteiger partial charge is 0.507 e. The zero-order valence-electron chi connectivity index (χ0n) is 10.7. The van der Waals surface area contributed by atoms with Crippen molar-refractivity contribution in [3.63, 3.8) is 0 Å². The van der Waals surface area contributed by atoms with Gasteiger partial charge in [-0.3, -0.25) is 4.79 Å². The van der Waals surface area contributed by atoms with Crippen molar-refractivity contribution < 1.29 is 9.84 Å². The van der Waals surface area contributed by atoms with Gasteiger partial charge >= 0.3 is 0 Å². The average molecular weight is 261 g/mol. The molecule has 0 unspecified atom stereocenters. The van der Waals surface area contributed by atoms with Crippen LogP contribution in [0.15, 0.2) is 23.3 Å². The van der Waals surface area contributed by atoms with E-state index in [-0.39, 0.29) is 16.7 Å². The molecule has 2 heterocycles.